The van der Waals surface area contributed by atoms with E-state index >= 15 is 0 Å². The Morgan fingerprint density at radius 2 is 2.47 bits per heavy atom. The lowest BCUT2D eigenvalue weighted by Gasteiger charge is -2.11. The van der Waals surface area contributed by atoms with Crippen molar-refractivity contribution >= 4 is 5.91 Å². The number of hydrogen-bond acceptors (Lipinski definition) is 3. The molecule has 1 saturated heterocycles. The first-order chi connectivity index (χ1) is 9.29. The van der Waals surface area contributed by atoms with E-state index in [9.17, 15) is 4.79 Å². The molecule has 1 fully saturated rings. The van der Waals surface area contributed by atoms with E-state index in [1.54, 1.807) is 24.3 Å². The second-order valence-electron chi connectivity index (χ2n) is 4.47. The zero-order chi connectivity index (χ0) is 13.5. The number of carbonyl (C=O) groups excluding carboxylic acids is 1. The van der Waals surface area contributed by atoms with E-state index in [1.165, 1.54) is 0 Å². The van der Waals surface area contributed by atoms with Gasteiger partial charge in [-0.05, 0) is 31.0 Å². The van der Waals surface area contributed by atoms with E-state index < -0.39 is 0 Å². The maximum absolute atomic E-state index is 12.0. The summed E-state index contributed by atoms with van der Waals surface area (Å²) in [5.41, 5.74) is 0.597. The first kappa shape index (κ1) is 13.6. The molecule has 2 rings (SSSR count). The van der Waals surface area contributed by atoms with Crippen LogP contribution in [-0.4, -0.2) is 31.8 Å². The third-order valence-corrected chi connectivity index (χ3v) is 2.98. The lowest BCUT2D eigenvalue weighted by atomic mass is 10.2. The molecule has 1 atom stereocenters. The monoisotopic (exact) mass is 261 g/mol. The van der Waals surface area contributed by atoms with Crippen LogP contribution in [0, 0.1) is 0 Å². The molecule has 1 aliphatic heterocycles. The minimum Gasteiger partial charge on any atom is -0.490 e. The number of carbonyl (C=O) groups is 1. The highest BCUT2D eigenvalue weighted by Gasteiger charge is 2.16. The van der Waals surface area contributed by atoms with Crippen LogP contribution < -0.4 is 10.1 Å². The van der Waals surface area contributed by atoms with Crippen LogP contribution in [0.1, 0.15) is 23.2 Å². The van der Waals surface area contributed by atoms with Gasteiger partial charge in [-0.25, -0.2) is 0 Å². The van der Waals surface area contributed by atoms with E-state index in [1.807, 2.05) is 6.07 Å². The smallest absolute Gasteiger partial charge is 0.251 e. The Morgan fingerprint density at radius 3 is 3.21 bits per heavy atom. The molecule has 1 aliphatic rings. The minimum absolute atomic E-state index is 0.0976. The Kier molecular flexibility index (Phi) is 4.98. The predicted molar refractivity (Wildman–Crippen MR) is 73.4 cm³/mol. The molecule has 0 radical (unpaired) electrons. The van der Waals surface area contributed by atoms with Crippen molar-refractivity contribution < 1.29 is 14.3 Å². The van der Waals surface area contributed by atoms with Crippen molar-refractivity contribution in [3.63, 3.8) is 0 Å². The number of rotatable bonds is 6. The lowest BCUT2D eigenvalue weighted by molar-refractivity contribution is 0.0857. The summed E-state index contributed by atoms with van der Waals surface area (Å²) in [6.07, 6.45) is 3.92. The number of ether oxygens (including phenoxy) is 2. The zero-order valence-electron chi connectivity index (χ0n) is 10.9. The third-order valence-electron chi connectivity index (χ3n) is 2.98. The van der Waals surface area contributed by atoms with Crippen molar-refractivity contribution in [2.24, 2.45) is 0 Å². The third kappa shape index (κ3) is 4.10. The average Bonchev–Trinajstić information content (AvgIpc) is 2.96. The molecule has 0 spiro atoms. The Labute approximate surface area is 113 Å². The van der Waals surface area contributed by atoms with Crippen molar-refractivity contribution in [3.05, 3.63) is 42.5 Å². The highest BCUT2D eigenvalue weighted by Crippen LogP contribution is 2.14. The van der Waals surface area contributed by atoms with E-state index in [2.05, 4.69) is 11.9 Å². The standard InChI is InChI=1S/C15H19NO3/c1-2-8-18-13-6-3-5-12(10-13)15(17)16-11-14-7-4-9-19-14/h2-3,5-6,10,14H,1,4,7-9,11H2,(H,16,17)/t14-/m1/s1. The van der Waals surface area contributed by atoms with Crippen LogP contribution in [0.25, 0.3) is 0 Å². The van der Waals surface area contributed by atoms with Crippen molar-refractivity contribution in [2.45, 2.75) is 18.9 Å². The Hall–Kier alpha value is -1.81. The van der Waals surface area contributed by atoms with Gasteiger partial charge in [0, 0.05) is 18.7 Å². The van der Waals surface area contributed by atoms with Gasteiger partial charge >= 0.3 is 0 Å². The summed E-state index contributed by atoms with van der Waals surface area (Å²) in [4.78, 5) is 12.0. The van der Waals surface area contributed by atoms with Gasteiger partial charge in [-0.15, -0.1) is 0 Å². The fraction of sp³-hybridized carbons (Fsp3) is 0.400. The SMILES string of the molecule is C=CCOc1cccc(C(=O)NC[C@H]2CCCO2)c1. The molecule has 0 aromatic heterocycles. The molecule has 0 bridgehead atoms. The highest BCUT2D eigenvalue weighted by atomic mass is 16.5. The fourth-order valence-electron chi connectivity index (χ4n) is 2.00. The van der Waals surface area contributed by atoms with Gasteiger partial charge in [0.15, 0.2) is 0 Å². The van der Waals surface area contributed by atoms with E-state index in [0.29, 0.717) is 24.5 Å². The lowest BCUT2D eigenvalue weighted by Crippen LogP contribution is -2.31. The number of nitrogens with one attached hydrogen (secondary N) is 1. The highest BCUT2D eigenvalue weighted by molar-refractivity contribution is 5.94. The van der Waals surface area contributed by atoms with Gasteiger partial charge in [-0.3, -0.25) is 4.79 Å². The molecule has 1 aromatic carbocycles. The first-order valence-corrected chi connectivity index (χ1v) is 6.53. The second-order valence-corrected chi connectivity index (χ2v) is 4.47. The molecular weight excluding hydrogens is 242 g/mol. The Bertz CT molecular complexity index is 439. The van der Waals surface area contributed by atoms with E-state index in [4.69, 9.17) is 9.47 Å². The largest absolute Gasteiger partial charge is 0.490 e. The summed E-state index contributed by atoms with van der Waals surface area (Å²) < 4.78 is 10.9. The summed E-state index contributed by atoms with van der Waals surface area (Å²) in [5.74, 6) is 0.573. The average molecular weight is 261 g/mol. The molecule has 19 heavy (non-hydrogen) atoms. The minimum atomic E-state index is -0.0976. The van der Waals surface area contributed by atoms with Crippen molar-refractivity contribution in [1.82, 2.24) is 5.32 Å². The van der Waals surface area contributed by atoms with Crippen molar-refractivity contribution in [1.29, 1.82) is 0 Å². The van der Waals surface area contributed by atoms with Crippen molar-refractivity contribution in [3.8, 4) is 5.75 Å². The van der Waals surface area contributed by atoms with E-state index in [-0.39, 0.29) is 12.0 Å². The van der Waals surface area contributed by atoms with Crippen LogP contribution in [0.5, 0.6) is 5.75 Å². The molecule has 4 nitrogen and oxygen atoms in total. The topological polar surface area (TPSA) is 47.6 Å². The number of benzene rings is 1. The van der Waals surface area contributed by atoms with Crippen LogP contribution in [0.3, 0.4) is 0 Å². The quantitative estimate of drug-likeness (QED) is 0.798. The molecule has 1 aromatic rings. The van der Waals surface area contributed by atoms with E-state index in [0.717, 1.165) is 19.4 Å². The van der Waals surface area contributed by atoms with Gasteiger partial charge < -0.3 is 14.8 Å². The summed E-state index contributed by atoms with van der Waals surface area (Å²) >= 11 is 0. The maximum atomic E-state index is 12.0. The van der Waals surface area contributed by atoms with Gasteiger partial charge in [-0.1, -0.05) is 18.7 Å². The van der Waals surface area contributed by atoms with Crippen LogP contribution in [-0.2, 0) is 4.74 Å². The molecule has 4 heteroatoms. The van der Waals surface area contributed by atoms with Crippen LogP contribution >= 0.6 is 0 Å². The molecule has 102 valence electrons. The summed E-state index contributed by atoms with van der Waals surface area (Å²) in [6.45, 7) is 5.38. The molecule has 0 saturated carbocycles. The fourth-order valence-corrected chi connectivity index (χ4v) is 2.00. The first-order valence-electron chi connectivity index (χ1n) is 6.53. The predicted octanol–water partition coefficient (Wildman–Crippen LogP) is 2.16. The van der Waals surface area contributed by atoms with Gasteiger partial charge in [0.2, 0.25) is 0 Å². The van der Waals surface area contributed by atoms with Gasteiger partial charge in [0.1, 0.15) is 12.4 Å². The molecule has 1 heterocycles. The number of amides is 1. The van der Waals surface area contributed by atoms with Crippen molar-refractivity contribution in [2.75, 3.05) is 19.8 Å². The molecule has 1 amide bonds. The van der Waals surface area contributed by atoms with Crippen LogP contribution in [0.4, 0.5) is 0 Å². The van der Waals surface area contributed by atoms with Crippen LogP contribution in [0.15, 0.2) is 36.9 Å². The van der Waals surface area contributed by atoms with Gasteiger partial charge in [0.05, 0.1) is 6.10 Å². The number of hydrogen-bond donors (Lipinski definition) is 1. The Morgan fingerprint density at radius 1 is 1.58 bits per heavy atom. The second kappa shape index (κ2) is 6.95. The van der Waals surface area contributed by atoms with Gasteiger partial charge in [0.25, 0.3) is 5.91 Å². The zero-order valence-corrected chi connectivity index (χ0v) is 10.9. The molecule has 1 N–H and O–H groups in total. The summed E-state index contributed by atoms with van der Waals surface area (Å²) in [5, 5.41) is 2.88. The maximum Gasteiger partial charge on any atom is 0.251 e. The Balaban J connectivity index is 1.88. The van der Waals surface area contributed by atoms with Gasteiger partial charge in [-0.2, -0.15) is 0 Å². The molecular formula is C15H19NO3. The summed E-state index contributed by atoms with van der Waals surface area (Å²) in [6, 6.07) is 7.12. The normalized spacial score (nSPS) is 18.0. The summed E-state index contributed by atoms with van der Waals surface area (Å²) in [7, 11) is 0. The van der Waals surface area contributed by atoms with Crippen LogP contribution in [0.2, 0.25) is 0 Å². The molecule has 0 unspecified atom stereocenters. The molecule has 0 aliphatic carbocycles.